The fourth-order valence-electron chi connectivity index (χ4n) is 6.98. The van der Waals surface area contributed by atoms with Crippen molar-refractivity contribution in [3.05, 3.63) is 194 Å². The Morgan fingerprint density at radius 3 is 1.25 bits per heavy atom. The van der Waals surface area contributed by atoms with Crippen LogP contribution in [0.4, 0.5) is 0 Å². The van der Waals surface area contributed by atoms with Gasteiger partial charge in [0.25, 0.3) is 0 Å². The number of hydrogen-bond donors (Lipinski definition) is 0. The molecule has 48 heavy (non-hydrogen) atoms. The first-order chi connectivity index (χ1) is 23.6. The minimum Gasteiger partial charge on any atom is -0.309 e. The van der Waals surface area contributed by atoms with E-state index in [2.05, 4.69) is 48.5 Å². The topological polar surface area (TPSA) is 34.1 Å². The Labute approximate surface area is 281 Å². The van der Waals surface area contributed by atoms with Gasteiger partial charge in [0.1, 0.15) is 0 Å². The van der Waals surface area contributed by atoms with E-state index < -0.39 is 14.3 Å². The van der Waals surface area contributed by atoms with Gasteiger partial charge in [0, 0.05) is 37.4 Å². The fourth-order valence-corrected chi connectivity index (χ4v) is 13.5. The van der Waals surface area contributed by atoms with Crippen LogP contribution in [0.5, 0.6) is 0 Å². The first-order valence-corrected chi connectivity index (χ1v) is 19.5. The van der Waals surface area contributed by atoms with Gasteiger partial charge in [-0.05, 0) is 33.2 Å². The predicted octanol–water partition coefficient (Wildman–Crippen LogP) is 8.94. The van der Waals surface area contributed by atoms with E-state index in [4.69, 9.17) is 0 Å². The van der Waals surface area contributed by atoms with Gasteiger partial charge in [-0.15, -0.1) is 0 Å². The Morgan fingerprint density at radius 2 is 0.729 bits per heavy atom. The fraction of sp³-hybridized carbons (Fsp3) is 0. The van der Waals surface area contributed by atoms with E-state index in [1.165, 1.54) is 0 Å². The van der Waals surface area contributed by atoms with Crippen molar-refractivity contribution < 1.29 is 9.13 Å². The third kappa shape index (κ3) is 4.89. The zero-order valence-corrected chi connectivity index (χ0v) is 28.0. The Morgan fingerprint density at radius 1 is 0.333 bits per heavy atom. The second-order valence-electron chi connectivity index (χ2n) is 11.9. The summed E-state index contributed by atoms with van der Waals surface area (Å²) in [5, 5.41) is 8.04. The molecule has 2 nitrogen and oxygen atoms in total. The van der Waals surface area contributed by atoms with Crippen molar-refractivity contribution in [2.75, 3.05) is 0 Å². The second kappa shape index (κ2) is 12.4. The van der Waals surface area contributed by atoms with Gasteiger partial charge in [-0.1, -0.05) is 188 Å². The number of hydrogen-bond acceptors (Lipinski definition) is 2. The minimum atomic E-state index is -3.71. The van der Waals surface area contributed by atoms with Crippen molar-refractivity contribution >= 4 is 67.7 Å². The van der Waals surface area contributed by atoms with Crippen LogP contribution in [-0.2, 0) is 9.13 Å². The monoisotopic (exact) mass is 654 g/mol. The highest BCUT2D eigenvalue weighted by atomic mass is 31.2. The Kier molecular flexibility index (Phi) is 7.78. The summed E-state index contributed by atoms with van der Waals surface area (Å²) in [6, 6.07) is 63.8. The van der Waals surface area contributed by atoms with Crippen LogP contribution >= 0.6 is 14.3 Å². The van der Waals surface area contributed by atoms with Crippen LogP contribution in [0.25, 0.3) is 32.7 Å². The summed E-state index contributed by atoms with van der Waals surface area (Å²) >= 11 is 0. The molecule has 4 heteroatoms. The molecule has 0 saturated carbocycles. The Balaban J connectivity index is 1.67. The van der Waals surface area contributed by atoms with E-state index in [1.54, 1.807) is 0 Å². The van der Waals surface area contributed by atoms with Crippen LogP contribution in [0.2, 0.25) is 0 Å². The molecule has 0 fully saturated rings. The first kappa shape index (κ1) is 30.1. The van der Waals surface area contributed by atoms with Gasteiger partial charge in [0.2, 0.25) is 0 Å². The van der Waals surface area contributed by atoms with E-state index in [9.17, 15) is 0 Å². The number of fused-ring (bicyclic) bond motifs is 2. The summed E-state index contributed by atoms with van der Waals surface area (Å²) < 4.78 is 33.3. The number of benzene rings is 8. The van der Waals surface area contributed by atoms with Gasteiger partial charge in [-0.3, -0.25) is 0 Å². The lowest BCUT2D eigenvalue weighted by molar-refractivity contribution is 0.590. The molecule has 8 aromatic rings. The average Bonchev–Trinajstić information content (AvgIpc) is 3.17. The summed E-state index contributed by atoms with van der Waals surface area (Å²) in [6.07, 6.45) is 0. The normalized spacial score (nSPS) is 11.9. The molecule has 0 spiro atoms. The molecule has 0 amide bonds. The second-order valence-corrected chi connectivity index (χ2v) is 17.4. The largest absolute Gasteiger partial charge is 0.309 e. The van der Waals surface area contributed by atoms with Crippen molar-refractivity contribution in [2.45, 2.75) is 0 Å². The van der Waals surface area contributed by atoms with Crippen molar-refractivity contribution in [3.8, 4) is 11.1 Å². The summed E-state index contributed by atoms with van der Waals surface area (Å²) in [4.78, 5) is 0. The molecule has 0 atom stereocenters. The van der Waals surface area contributed by atoms with Crippen LogP contribution in [0.3, 0.4) is 0 Å². The third-order valence-electron chi connectivity index (χ3n) is 9.19. The van der Waals surface area contributed by atoms with Crippen molar-refractivity contribution in [3.63, 3.8) is 0 Å². The molecule has 0 N–H and O–H groups in total. The summed E-state index contributed by atoms with van der Waals surface area (Å²) in [5.41, 5.74) is 1.81. The van der Waals surface area contributed by atoms with Gasteiger partial charge < -0.3 is 9.13 Å². The van der Waals surface area contributed by atoms with Gasteiger partial charge >= 0.3 is 0 Å². The molecule has 0 heterocycles. The SMILES string of the molecule is O=P(c1ccccc1)(c1ccccc1)c1cc2ccccc2c(-c2cccc3ccccc23)c1P(=O)(c1ccccc1)c1ccccc1. The van der Waals surface area contributed by atoms with Gasteiger partial charge in [0.05, 0.1) is 0 Å². The lowest BCUT2D eigenvalue weighted by Crippen LogP contribution is -2.40. The summed E-state index contributed by atoms with van der Waals surface area (Å²) in [7, 11) is -7.34. The molecule has 0 aromatic heterocycles. The van der Waals surface area contributed by atoms with Crippen LogP contribution in [-0.4, -0.2) is 0 Å². The molecule has 0 radical (unpaired) electrons. The van der Waals surface area contributed by atoms with Gasteiger partial charge in [0.15, 0.2) is 14.3 Å². The molecular formula is C44H32O2P2. The van der Waals surface area contributed by atoms with E-state index >= 15 is 9.13 Å². The van der Waals surface area contributed by atoms with Gasteiger partial charge in [-0.2, -0.15) is 0 Å². The van der Waals surface area contributed by atoms with Crippen LogP contribution < -0.4 is 31.8 Å². The zero-order valence-electron chi connectivity index (χ0n) is 26.2. The van der Waals surface area contributed by atoms with E-state index in [1.807, 2.05) is 146 Å². The molecule has 0 saturated heterocycles. The van der Waals surface area contributed by atoms with Crippen molar-refractivity contribution in [1.29, 1.82) is 0 Å². The lowest BCUT2D eigenvalue weighted by Gasteiger charge is -2.31. The maximum atomic E-state index is 16.8. The first-order valence-electron chi connectivity index (χ1n) is 16.1. The predicted molar refractivity (Wildman–Crippen MR) is 206 cm³/mol. The molecule has 230 valence electrons. The Hall–Kier alpha value is -5.26. The van der Waals surface area contributed by atoms with Crippen LogP contribution in [0.1, 0.15) is 0 Å². The molecular weight excluding hydrogens is 622 g/mol. The highest BCUT2D eigenvalue weighted by Crippen LogP contribution is 2.52. The zero-order chi connectivity index (χ0) is 32.6. The minimum absolute atomic E-state index is 0.595. The van der Waals surface area contributed by atoms with Gasteiger partial charge in [-0.25, -0.2) is 0 Å². The lowest BCUT2D eigenvalue weighted by atomic mass is 9.94. The van der Waals surface area contributed by atoms with E-state index in [-0.39, 0.29) is 0 Å². The quantitative estimate of drug-likeness (QED) is 0.161. The molecule has 0 aliphatic carbocycles. The van der Waals surface area contributed by atoms with Crippen molar-refractivity contribution in [2.24, 2.45) is 0 Å². The highest BCUT2D eigenvalue weighted by molar-refractivity contribution is 7.91. The highest BCUT2D eigenvalue weighted by Gasteiger charge is 2.42. The van der Waals surface area contributed by atoms with Crippen LogP contribution in [0.15, 0.2) is 194 Å². The van der Waals surface area contributed by atoms with E-state index in [0.717, 1.165) is 32.7 Å². The van der Waals surface area contributed by atoms with Crippen LogP contribution in [0, 0.1) is 0 Å². The standard InChI is InChI=1S/C44H32O2P2/c45-47(35-21-5-1-6-22-35,36-23-7-2-8-24-36)42-32-34-19-14-16-30-40(34)43(41-31-17-20-33-18-13-15-29-39(33)41)44(42)48(46,37-25-9-3-10-26-37)38-27-11-4-12-28-38/h1-32H. The maximum Gasteiger partial charge on any atom is 0.172 e. The van der Waals surface area contributed by atoms with E-state index in [0.29, 0.717) is 31.8 Å². The average molecular weight is 655 g/mol. The smallest absolute Gasteiger partial charge is 0.172 e. The molecule has 0 aliphatic rings. The molecule has 0 aliphatic heterocycles. The summed E-state index contributed by atoms with van der Waals surface area (Å²) in [5.74, 6) is 0. The summed E-state index contributed by atoms with van der Waals surface area (Å²) in [6.45, 7) is 0. The molecule has 8 rings (SSSR count). The molecule has 8 aromatic carbocycles. The number of rotatable bonds is 7. The third-order valence-corrected chi connectivity index (χ3v) is 15.6. The molecule has 0 unspecified atom stereocenters. The Bertz CT molecular complexity index is 2400. The maximum absolute atomic E-state index is 16.8. The molecule has 0 bridgehead atoms. The van der Waals surface area contributed by atoms with Crippen molar-refractivity contribution in [1.82, 2.24) is 0 Å².